The SMILES string of the molecule is Cn1nc(-c2ccccc2)cc1C(=O)N1CCC(Oc2cnc3ccccc3n2)CC1. The molecule has 156 valence electrons. The average Bonchev–Trinajstić information content (AvgIpc) is 3.21. The summed E-state index contributed by atoms with van der Waals surface area (Å²) in [6.45, 7) is 1.27. The number of amides is 1. The predicted molar refractivity (Wildman–Crippen MR) is 118 cm³/mol. The summed E-state index contributed by atoms with van der Waals surface area (Å²) in [5.74, 6) is 0.531. The van der Waals surface area contributed by atoms with E-state index in [9.17, 15) is 4.79 Å². The normalized spacial score (nSPS) is 14.7. The number of hydrogen-bond acceptors (Lipinski definition) is 5. The summed E-state index contributed by atoms with van der Waals surface area (Å²) in [5, 5.41) is 4.52. The number of aromatic nitrogens is 4. The minimum Gasteiger partial charge on any atom is -0.473 e. The molecule has 5 rings (SSSR count). The highest BCUT2D eigenvalue weighted by atomic mass is 16.5. The Bertz CT molecular complexity index is 1210. The van der Waals surface area contributed by atoms with Crippen LogP contribution in [0.4, 0.5) is 0 Å². The van der Waals surface area contributed by atoms with Crippen molar-refractivity contribution in [1.29, 1.82) is 0 Å². The second-order valence-electron chi connectivity index (χ2n) is 7.71. The molecule has 2 aromatic carbocycles. The minimum absolute atomic E-state index is 0.00104. The third kappa shape index (κ3) is 3.99. The second kappa shape index (κ2) is 8.18. The molecule has 1 aliphatic heterocycles. The average molecular weight is 413 g/mol. The number of benzene rings is 2. The van der Waals surface area contributed by atoms with E-state index >= 15 is 0 Å². The number of para-hydroxylation sites is 2. The Morgan fingerprint density at radius 3 is 2.48 bits per heavy atom. The van der Waals surface area contributed by atoms with Crippen molar-refractivity contribution in [3.8, 4) is 17.1 Å². The van der Waals surface area contributed by atoms with Crippen LogP contribution in [0.3, 0.4) is 0 Å². The van der Waals surface area contributed by atoms with Crippen LogP contribution in [-0.4, -0.2) is 49.7 Å². The Balaban J connectivity index is 1.23. The van der Waals surface area contributed by atoms with E-state index in [1.165, 1.54) is 0 Å². The first-order valence-corrected chi connectivity index (χ1v) is 10.4. The molecular formula is C24H23N5O2. The molecule has 0 atom stereocenters. The van der Waals surface area contributed by atoms with E-state index in [0.717, 1.165) is 35.1 Å². The van der Waals surface area contributed by atoms with Crippen LogP contribution in [0.5, 0.6) is 5.88 Å². The summed E-state index contributed by atoms with van der Waals surface area (Å²) < 4.78 is 7.72. The largest absolute Gasteiger partial charge is 0.473 e. The van der Waals surface area contributed by atoms with Crippen molar-refractivity contribution >= 4 is 16.9 Å². The maximum atomic E-state index is 13.1. The zero-order valence-corrected chi connectivity index (χ0v) is 17.3. The molecule has 1 amide bonds. The quantitative estimate of drug-likeness (QED) is 0.510. The van der Waals surface area contributed by atoms with Crippen molar-refractivity contribution < 1.29 is 9.53 Å². The van der Waals surface area contributed by atoms with Crippen LogP contribution in [0.15, 0.2) is 66.9 Å². The molecule has 7 heteroatoms. The van der Waals surface area contributed by atoms with Gasteiger partial charge in [0.15, 0.2) is 0 Å². The van der Waals surface area contributed by atoms with Crippen molar-refractivity contribution in [2.24, 2.45) is 7.05 Å². The van der Waals surface area contributed by atoms with Gasteiger partial charge in [-0.05, 0) is 18.2 Å². The predicted octanol–water partition coefficient (Wildman–Crippen LogP) is 3.71. The maximum absolute atomic E-state index is 13.1. The molecule has 0 saturated carbocycles. The van der Waals surface area contributed by atoms with Crippen LogP contribution in [0.2, 0.25) is 0 Å². The standard InChI is InChI=1S/C24H23N5O2/c1-28-22(15-21(27-28)17-7-3-2-4-8-17)24(30)29-13-11-18(12-14-29)31-23-16-25-19-9-5-6-10-20(19)26-23/h2-10,15-16,18H,11-14H2,1H3. The number of rotatable bonds is 4. The molecule has 0 radical (unpaired) electrons. The van der Waals surface area contributed by atoms with Gasteiger partial charge in [0.05, 0.1) is 22.9 Å². The maximum Gasteiger partial charge on any atom is 0.272 e. The summed E-state index contributed by atoms with van der Waals surface area (Å²) in [7, 11) is 1.81. The van der Waals surface area contributed by atoms with Gasteiger partial charge in [0.2, 0.25) is 5.88 Å². The lowest BCUT2D eigenvalue weighted by Crippen LogP contribution is -2.42. The number of nitrogens with zero attached hydrogens (tertiary/aromatic N) is 5. The lowest BCUT2D eigenvalue weighted by Gasteiger charge is -2.31. The topological polar surface area (TPSA) is 73.1 Å². The van der Waals surface area contributed by atoms with Gasteiger partial charge in [-0.15, -0.1) is 0 Å². The molecule has 1 aliphatic rings. The van der Waals surface area contributed by atoms with Gasteiger partial charge in [-0.25, -0.2) is 9.97 Å². The molecule has 1 saturated heterocycles. The highest BCUT2D eigenvalue weighted by Gasteiger charge is 2.27. The second-order valence-corrected chi connectivity index (χ2v) is 7.71. The lowest BCUT2D eigenvalue weighted by molar-refractivity contribution is 0.0578. The Morgan fingerprint density at radius 1 is 1.00 bits per heavy atom. The van der Waals surface area contributed by atoms with Gasteiger partial charge < -0.3 is 9.64 Å². The van der Waals surface area contributed by atoms with E-state index in [-0.39, 0.29) is 12.0 Å². The van der Waals surface area contributed by atoms with Crippen LogP contribution in [-0.2, 0) is 7.05 Å². The Labute approximate surface area is 180 Å². The number of ether oxygens (including phenoxy) is 1. The van der Waals surface area contributed by atoms with Crippen molar-refractivity contribution in [2.45, 2.75) is 18.9 Å². The van der Waals surface area contributed by atoms with Crippen LogP contribution >= 0.6 is 0 Å². The van der Waals surface area contributed by atoms with Crippen LogP contribution in [0.1, 0.15) is 23.3 Å². The first-order chi connectivity index (χ1) is 15.2. The fourth-order valence-corrected chi connectivity index (χ4v) is 3.92. The van der Waals surface area contributed by atoms with Gasteiger partial charge in [0.1, 0.15) is 11.8 Å². The summed E-state index contributed by atoms with van der Waals surface area (Å²) >= 11 is 0. The molecular weight excluding hydrogens is 390 g/mol. The van der Waals surface area contributed by atoms with Crippen LogP contribution in [0.25, 0.3) is 22.3 Å². The number of carbonyl (C=O) groups excluding carboxylic acids is 1. The van der Waals surface area contributed by atoms with E-state index in [0.29, 0.717) is 24.7 Å². The molecule has 2 aromatic heterocycles. The van der Waals surface area contributed by atoms with E-state index in [1.807, 2.05) is 72.6 Å². The minimum atomic E-state index is 0.00104. The Morgan fingerprint density at radius 2 is 1.71 bits per heavy atom. The lowest BCUT2D eigenvalue weighted by atomic mass is 10.1. The monoisotopic (exact) mass is 413 g/mol. The van der Waals surface area contributed by atoms with Crippen molar-refractivity contribution in [2.75, 3.05) is 13.1 Å². The number of fused-ring (bicyclic) bond motifs is 1. The van der Waals surface area contributed by atoms with Gasteiger partial charge >= 0.3 is 0 Å². The zero-order chi connectivity index (χ0) is 21.2. The van der Waals surface area contributed by atoms with E-state index < -0.39 is 0 Å². The van der Waals surface area contributed by atoms with Crippen molar-refractivity contribution in [3.05, 3.63) is 72.6 Å². The molecule has 0 N–H and O–H groups in total. The summed E-state index contributed by atoms with van der Waals surface area (Å²) in [6, 6.07) is 19.5. The fourth-order valence-electron chi connectivity index (χ4n) is 3.92. The first kappa shape index (κ1) is 19.2. The third-order valence-electron chi connectivity index (χ3n) is 5.61. The molecule has 0 unspecified atom stereocenters. The van der Waals surface area contributed by atoms with Gasteiger partial charge in [-0.3, -0.25) is 9.48 Å². The summed E-state index contributed by atoms with van der Waals surface area (Å²) in [4.78, 5) is 23.9. The van der Waals surface area contributed by atoms with Gasteiger partial charge in [0, 0.05) is 38.5 Å². The molecule has 0 aliphatic carbocycles. The van der Waals surface area contributed by atoms with Gasteiger partial charge in [-0.1, -0.05) is 42.5 Å². The molecule has 0 spiro atoms. The van der Waals surface area contributed by atoms with E-state index in [4.69, 9.17) is 4.74 Å². The highest BCUT2D eigenvalue weighted by Crippen LogP contribution is 2.22. The van der Waals surface area contributed by atoms with Gasteiger partial charge in [0.25, 0.3) is 5.91 Å². The third-order valence-corrected chi connectivity index (χ3v) is 5.61. The van der Waals surface area contributed by atoms with Crippen LogP contribution < -0.4 is 4.74 Å². The number of hydrogen-bond donors (Lipinski definition) is 0. The molecule has 7 nitrogen and oxygen atoms in total. The van der Waals surface area contributed by atoms with Crippen LogP contribution in [0, 0.1) is 0 Å². The summed E-state index contributed by atoms with van der Waals surface area (Å²) in [6.07, 6.45) is 3.19. The Hall–Kier alpha value is -3.74. The molecule has 0 bridgehead atoms. The highest BCUT2D eigenvalue weighted by molar-refractivity contribution is 5.93. The fraction of sp³-hybridized carbons (Fsp3) is 0.250. The van der Waals surface area contributed by atoms with E-state index in [1.54, 1.807) is 10.9 Å². The zero-order valence-electron chi connectivity index (χ0n) is 17.3. The molecule has 1 fully saturated rings. The smallest absolute Gasteiger partial charge is 0.272 e. The number of aryl methyl sites for hydroxylation is 1. The number of piperidine rings is 1. The number of carbonyl (C=O) groups is 1. The molecule has 31 heavy (non-hydrogen) atoms. The summed E-state index contributed by atoms with van der Waals surface area (Å²) in [5.41, 5.74) is 4.07. The van der Waals surface area contributed by atoms with E-state index in [2.05, 4.69) is 15.1 Å². The van der Waals surface area contributed by atoms with Gasteiger partial charge in [-0.2, -0.15) is 5.10 Å². The number of likely N-dealkylation sites (tertiary alicyclic amines) is 1. The molecule has 4 aromatic rings. The molecule has 3 heterocycles. The van der Waals surface area contributed by atoms with Crippen molar-refractivity contribution in [1.82, 2.24) is 24.6 Å². The first-order valence-electron chi connectivity index (χ1n) is 10.4. The van der Waals surface area contributed by atoms with Crippen molar-refractivity contribution in [3.63, 3.8) is 0 Å². The Kier molecular flexibility index (Phi) is 5.08.